The second-order valence-electron chi connectivity index (χ2n) is 4.31. The number of hydrogen-bond acceptors (Lipinski definition) is 4. The van der Waals surface area contributed by atoms with Gasteiger partial charge in [0.1, 0.15) is 0 Å². The van der Waals surface area contributed by atoms with E-state index in [9.17, 15) is 0 Å². The third-order valence-electron chi connectivity index (χ3n) is 2.60. The number of thioether (sulfide) groups is 1. The molecule has 96 valence electrons. The zero-order valence-corrected chi connectivity index (χ0v) is 12.4. The Kier molecular flexibility index (Phi) is 4.66. The van der Waals surface area contributed by atoms with Crippen LogP contribution in [0.3, 0.4) is 0 Å². The van der Waals surface area contributed by atoms with Gasteiger partial charge in [-0.15, -0.1) is 23.1 Å². The molecule has 0 aliphatic rings. The van der Waals surface area contributed by atoms with Crippen molar-refractivity contribution in [2.45, 2.75) is 37.3 Å². The number of nitrogens with two attached hydrogens (primary N) is 1. The van der Waals surface area contributed by atoms with Crippen LogP contribution in [0.2, 0.25) is 0 Å². The summed E-state index contributed by atoms with van der Waals surface area (Å²) in [7, 11) is 0. The summed E-state index contributed by atoms with van der Waals surface area (Å²) in [4.78, 5) is 5.76. The fourth-order valence-corrected chi connectivity index (χ4v) is 3.54. The molecule has 4 heteroatoms. The van der Waals surface area contributed by atoms with Gasteiger partial charge in [0.25, 0.3) is 0 Å². The fourth-order valence-electron chi connectivity index (χ4n) is 1.69. The molecule has 0 atom stereocenters. The zero-order valence-electron chi connectivity index (χ0n) is 10.8. The van der Waals surface area contributed by atoms with Gasteiger partial charge in [-0.3, -0.25) is 0 Å². The molecular weight excluding hydrogens is 260 g/mol. The van der Waals surface area contributed by atoms with E-state index < -0.39 is 0 Å². The van der Waals surface area contributed by atoms with E-state index in [4.69, 9.17) is 5.73 Å². The molecule has 1 aromatic carbocycles. The predicted octanol–water partition coefficient (Wildman–Crippen LogP) is 4.28. The maximum atomic E-state index is 6.00. The van der Waals surface area contributed by atoms with Crippen molar-refractivity contribution in [1.82, 2.24) is 4.98 Å². The third-order valence-corrected chi connectivity index (χ3v) is 4.68. The van der Waals surface area contributed by atoms with Crippen LogP contribution in [-0.2, 0) is 12.2 Å². The minimum Gasteiger partial charge on any atom is -0.398 e. The maximum absolute atomic E-state index is 6.00. The van der Waals surface area contributed by atoms with E-state index in [1.165, 1.54) is 10.6 Å². The van der Waals surface area contributed by atoms with Gasteiger partial charge in [0, 0.05) is 21.7 Å². The molecule has 0 aliphatic carbocycles. The van der Waals surface area contributed by atoms with Crippen LogP contribution in [0.4, 0.5) is 5.69 Å². The maximum Gasteiger partial charge on any atom is 0.0928 e. The van der Waals surface area contributed by atoms with Crippen LogP contribution in [0, 0.1) is 6.92 Å². The Morgan fingerprint density at radius 3 is 2.94 bits per heavy atom. The zero-order chi connectivity index (χ0) is 13.0. The highest BCUT2D eigenvalue weighted by atomic mass is 32.2. The Hall–Kier alpha value is -1.00. The van der Waals surface area contributed by atoms with Gasteiger partial charge in [-0.1, -0.05) is 13.0 Å². The molecule has 1 aromatic heterocycles. The second kappa shape index (κ2) is 6.25. The molecule has 0 fully saturated rings. The lowest BCUT2D eigenvalue weighted by molar-refractivity contribution is 0.902. The fraction of sp³-hybridized carbons (Fsp3) is 0.357. The molecule has 18 heavy (non-hydrogen) atoms. The molecule has 0 saturated carbocycles. The Balaban J connectivity index is 1.97. The summed E-state index contributed by atoms with van der Waals surface area (Å²) in [5.74, 6) is 0.896. The van der Waals surface area contributed by atoms with E-state index in [2.05, 4.69) is 36.3 Å². The summed E-state index contributed by atoms with van der Waals surface area (Å²) in [5, 5.41) is 3.40. The van der Waals surface area contributed by atoms with Gasteiger partial charge in [0.05, 0.1) is 10.7 Å². The van der Waals surface area contributed by atoms with Crippen LogP contribution in [0.25, 0.3) is 0 Å². The molecule has 2 aromatic rings. The van der Waals surface area contributed by atoms with E-state index in [1.807, 2.05) is 6.07 Å². The highest BCUT2D eigenvalue weighted by Gasteiger charge is 2.04. The van der Waals surface area contributed by atoms with Crippen LogP contribution in [0.1, 0.15) is 29.6 Å². The van der Waals surface area contributed by atoms with Gasteiger partial charge in [0.2, 0.25) is 0 Å². The van der Waals surface area contributed by atoms with Crippen molar-refractivity contribution in [3.63, 3.8) is 0 Å². The average molecular weight is 278 g/mol. The number of nitrogens with zero attached hydrogens (tertiary/aromatic N) is 1. The molecule has 0 amide bonds. The van der Waals surface area contributed by atoms with Crippen molar-refractivity contribution in [1.29, 1.82) is 0 Å². The van der Waals surface area contributed by atoms with Crippen molar-refractivity contribution >= 4 is 28.8 Å². The van der Waals surface area contributed by atoms with Crippen molar-refractivity contribution in [3.05, 3.63) is 39.8 Å². The van der Waals surface area contributed by atoms with E-state index in [0.717, 1.165) is 34.9 Å². The van der Waals surface area contributed by atoms with Gasteiger partial charge in [-0.05, 0) is 37.5 Å². The molecule has 2 rings (SSSR count). The number of aryl methyl sites for hydroxylation is 2. The quantitative estimate of drug-likeness (QED) is 0.655. The highest BCUT2D eigenvalue weighted by Crippen LogP contribution is 2.29. The minimum atomic E-state index is 0.865. The molecule has 0 saturated heterocycles. The number of thiazole rings is 1. The topological polar surface area (TPSA) is 38.9 Å². The minimum absolute atomic E-state index is 0.865. The molecule has 0 aliphatic heterocycles. The molecule has 2 nitrogen and oxygen atoms in total. The van der Waals surface area contributed by atoms with Crippen molar-refractivity contribution in [3.8, 4) is 0 Å². The van der Waals surface area contributed by atoms with E-state index in [1.54, 1.807) is 23.1 Å². The molecule has 2 N–H and O–H groups in total. The van der Waals surface area contributed by atoms with Crippen LogP contribution in [0.15, 0.2) is 28.5 Å². The van der Waals surface area contributed by atoms with Gasteiger partial charge < -0.3 is 5.73 Å². The van der Waals surface area contributed by atoms with Gasteiger partial charge >= 0.3 is 0 Å². The Morgan fingerprint density at radius 1 is 1.39 bits per heavy atom. The first kappa shape index (κ1) is 13.4. The van der Waals surface area contributed by atoms with E-state index >= 15 is 0 Å². The van der Waals surface area contributed by atoms with Crippen LogP contribution in [-0.4, -0.2) is 4.98 Å². The normalized spacial score (nSPS) is 10.8. The Morgan fingerprint density at radius 2 is 2.22 bits per heavy atom. The number of anilines is 1. The summed E-state index contributed by atoms with van der Waals surface area (Å²) in [6.45, 7) is 4.24. The number of benzene rings is 1. The summed E-state index contributed by atoms with van der Waals surface area (Å²) in [5.41, 5.74) is 9.23. The summed E-state index contributed by atoms with van der Waals surface area (Å²) >= 11 is 3.52. The molecule has 0 spiro atoms. The van der Waals surface area contributed by atoms with Gasteiger partial charge in [-0.2, -0.15) is 0 Å². The highest BCUT2D eigenvalue weighted by molar-refractivity contribution is 7.98. The molecule has 0 bridgehead atoms. The SMILES string of the molecule is CCCc1nc(CSc2ccc(C)cc2N)cs1. The molecule has 0 unspecified atom stereocenters. The summed E-state index contributed by atoms with van der Waals surface area (Å²) in [6, 6.07) is 6.21. The monoisotopic (exact) mass is 278 g/mol. The van der Waals surface area contributed by atoms with Crippen molar-refractivity contribution < 1.29 is 0 Å². The first-order chi connectivity index (χ1) is 8.69. The second-order valence-corrected chi connectivity index (χ2v) is 6.27. The van der Waals surface area contributed by atoms with Crippen LogP contribution < -0.4 is 5.73 Å². The predicted molar refractivity (Wildman–Crippen MR) is 81.3 cm³/mol. The first-order valence-electron chi connectivity index (χ1n) is 6.11. The molecular formula is C14H18N2S2. The largest absolute Gasteiger partial charge is 0.398 e. The van der Waals surface area contributed by atoms with E-state index in [0.29, 0.717) is 0 Å². The Bertz CT molecular complexity index is 520. The number of hydrogen-bond donors (Lipinski definition) is 1. The lowest BCUT2D eigenvalue weighted by Gasteiger charge is -2.04. The van der Waals surface area contributed by atoms with E-state index in [-0.39, 0.29) is 0 Å². The standard InChI is InChI=1S/C14H18N2S2/c1-3-4-14-16-11(9-18-14)8-17-13-6-5-10(2)7-12(13)15/h5-7,9H,3-4,8,15H2,1-2H3. The number of aromatic nitrogens is 1. The molecule has 0 radical (unpaired) electrons. The van der Waals surface area contributed by atoms with Crippen LogP contribution >= 0.6 is 23.1 Å². The van der Waals surface area contributed by atoms with Gasteiger partial charge in [-0.25, -0.2) is 4.98 Å². The number of nitrogen functional groups attached to an aromatic ring is 1. The van der Waals surface area contributed by atoms with Crippen LogP contribution in [0.5, 0.6) is 0 Å². The lowest BCUT2D eigenvalue weighted by atomic mass is 10.2. The van der Waals surface area contributed by atoms with Gasteiger partial charge in [0.15, 0.2) is 0 Å². The summed E-state index contributed by atoms with van der Waals surface area (Å²) in [6.07, 6.45) is 2.24. The lowest BCUT2D eigenvalue weighted by Crippen LogP contribution is -1.90. The first-order valence-corrected chi connectivity index (χ1v) is 7.97. The molecule has 1 heterocycles. The smallest absolute Gasteiger partial charge is 0.0928 e. The van der Waals surface area contributed by atoms with Crippen molar-refractivity contribution in [2.75, 3.05) is 5.73 Å². The third kappa shape index (κ3) is 3.50. The van der Waals surface area contributed by atoms with Crippen molar-refractivity contribution in [2.24, 2.45) is 0 Å². The number of rotatable bonds is 5. The Labute approximate surface area is 117 Å². The average Bonchev–Trinajstić information content (AvgIpc) is 2.76. The summed E-state index contributed by atoms with van der Waals surface area (Å²) < 4.78 is 0.